The van der Waals surface area contributed by atoms with E-state index >= 15 is 0 Å². The van der Waals surface area contributed by atoms with E-state index in [1.54, 1.807) is 48.5 Å². The number of halogens is 1. The van der Waals surface area contributed by atoms with Crippen molar-refractivity contribution in [1.82, 2.24) is 15.0 Å². The van der Waals surface area contributed by atoms with Gasteiger partial charge in [0.2, 0.25) is 14.9 Å². The molecule has 0 saturated heterocycles. The number of hydrogen-bond donors (Lipinski definition) is 1. The highest BCUT2D eigenvalue weighted by atomic mass is 79.9. The summed E-state index contributed by atoms with van der Waals surface area (Å²) in [4.78, 5) is 11.5. The van der Waals surface area contributed by atoms with Gasteiger partial charge in [-0.15, -0.1) is 5.10 Å². The van der Waals surface area contributed by atoms with Crippen molar-refractivity contribution in [2.45, 2.75) is 16.8 Å². The van der Waals surface area contributed by atoms with E-state index < -0.39 is 15.8 Å². The lowest BCUT2D eigenvalue weighted by Gasteiger charge is -2.10. The van der Waals surface area contributed by atoms with Gasteiger partial charge in [0.15, 0.2) is 0 Å². The Morgan fingerprint density at radius 1 is 1.06 bits per heavy atom. The molecule has 4 rings (SSSR count). The molecule has 1 heterocycles. The van der Waals surface area contributed by atoms with Crippen LogP contribution in [-0.4, -0.2) is 41.1 Å². The number of aromatic carboxylic acids is 1. The number of benzene rings is 3. The van der Waals surface area contributed by atoms with E-state index in [1.165, 1.54) is 28.9 Å². The van der Waals surface area contributed by atoms with Crippen molar-refractivity contribution in [3.63, 3.8) is 0 Å². The van der Waals surface area contributed by atoms with Crippen molar-refractivity contribution in [2.24, 2.45) is 0 Å². The van der Waals surface area contributed by atoms with Crippen LogP contribution >= 0.6 is 15.9 Å². The first kappa shape index (κ1) is 22.7. The first-order valence-electron chi connectivity index (χ1n) is 9.84. The summed E-state index contributed by atoms with van der Waals surface area (Å²) >= 11 is 3.38. The monoisotopic (exact) mass is 527 g/mol. The van der Waals surface area contributed by atoms with E-state index in [9.17, 15) is 18.3 Å². The Morgan fingerprint density at radius 2 is 1.76 bits per heavy atom. The van der Waals surface area contributed by atoms with Crippen LogP contribution in [0.25, 0.3) is 16.9 Å². The molecule has 33 heavy (non-hydrogen) atoms. The molecule has 4 aromatic rings. The Bertz CT molecular complexity index is 1420. The first-order chi connectivity index (χ1) is 15.8. The SMILES string of the molecule is CCOc1ccc(S(=O)(=O)c2nnn(-c3cccc(C(=O)O)c3)c2-c2ccc(Br)cc2)cc1. The minimum absolute atomic E-state index is 0.0376. The van der Waals surface area contributed by atoms with Crippen LogP contribution in [0.15, 0.2) is 87.2 Å². The van der Waals surface area contributed by atoms with E-state index in [1.807, 2.05) is 6.92 Å². The summed E-state index contributed by atoms with van der Waals surface area (Å²) in [5.41, 5.74) is 1.18. The van der Waals surface area contributed by atoms with Crippen molar-refractivity contribution in [3.8, 4) is 22.7 Å². The normalized spacial score (nSPS) is 11.3. The number of carboxylic acids is 1. The highest BCUT2D eigenvalue weighted by Crippen LogP contribution is 2.33. The number of rotatable bonds is 7. The summed E-state index contributed by atoms with van der Waals surface area (Å²) in [6, 6.07) is 19.1. The molecule has 0 unspecified atom stereocenters. The lowest BCUT2D eigenvalue weighted by atomic mass is 10.1. The van der Waals surface area contributed by atoms with E-state index in [0.717, 1.165) is 4.47 Å². The van der Waals surface area contributed by atoms with Gasteiger partial charge in [-0.05, 0) is 61.5 Å². The van der Waals surface area contributed by atoms with E-state index in [4.69, 9.17) is 4.74 Å². The second-order valence-corrected chi connectivity index (χ2v) is 9.71. The highest BCUT2D eigenvalue weighted by Gasteiger charge is 2.29. The smallest absolute Gasteiger partial charge is 0.335 e. The second kappa shape index (κ2) is 9.16. The first-order valence-corrected chi connectivity index (χ1v) is 12.1. The Morgan fingerprint density at radius 3 is 2.39 bits per heavy atom. The number of nitrogens with zero attached hydrogens (tertiary/aromatic N) is 3. The fourth-order valence-electron chi connectivity index (χ4n) is 3.25. The summed E-state index contributed by atoms with van der Waals surface area (Å²) in [5, 5.41) is 17.2. The summed E-state index contributed by atoms with van der Waals surface area (Å²) in [7, 11) is -4.05. The summed E-state index contributed by atoms with van der Waals surface area (Å²) in [6.45, 7) is 2.30. The fourth-order valence-corrected chi connectivity index (χ4v) is 4.83. The summed E-state index contributed by atoms with van der Waals surface area (Å²) in [6.07, 6.45) is 0. The molecule has 1 N–H and O–H groups in total. The molecule has 0 spiro atoms. The number of sulfone groups is 1. The largest absolute Gasteiger partial charge is 0.494 e. The third kappa shape index (κ3) is 4.53. The van der Waals surface area contributed by atoms with Crippen LogP contribution in [0, 0.1) is 0 Å². The molecule has 0 aliphatic heterocycles. The molecule has 0 bridgehead atoms. The quantitative estimate of drug-likeness (QED) is 0.373. The Balaban J connectivity index is 1.91. The molecule has 8 nitrogen and oxygen atoms in total. The summed E-state index contributed by atoms with van der Waals surface area (Å²) in [5.74, 6) is -0.553. The third-order valence-electron chi connectivity index (χ3n) is 4.79. The van der Waals surface area contributed by atoms with Gasteiger partial charge in [-0.25, -0.2) is 17.9 Å². The van der Waals surface area contributed by atoms with Crippen LogP contribution in [0.1, 0.15) is 17.3 Å². The molecule has 168 valence electrons. The predicted octanol–water partition coefficient (Wildman–Crippen LogP) is 4.63. The number of carbonyl (C=O) groups is 1. The molecule has 0 amide bonds. The molecular weight excluding hydrogens is 510 g/mol. The van der Waals surface area contributed by atoms with Crippen molar-refractivity contribution in [2.75, 3.05) is 6.61 Å². The van der Waals surface area contributed by atoms with Gasteiger partial charge in [0.05, 0.1) is 22.8 Å². The topological polar surface area (TPSA) is 111 Å². The van der Waals surface area contributed by atoms with E-state index in [2.05, 4.69) is 26.2 Å². The average molecular weight is 528 g/mol. The maximum absolute atomic E-state index is 13.5. The van der Waals surface area contributed by atoms with Gasteiger partial charge in [-0.1, -0.05) is 39.3 Å². The van der Waals surface area contributed by atoms with Crippen LogP contribution in [0.3, 0.4) is 0 Å². The molecule has 0 aliphatic carbocycles. The minimum Gasteiger partial charge on any atom is -0.494 e. The van der Waals surface area contributed by atoms with Gasteiger partial charge in [-0.2, -0.15) is 0 Å². The van der Waals surface area contributed by atoms with Gasteiger partial charge < -0.3 is 9.84 Å². The van der Waals surface area contributed by atoms with Crippen molar-refractivity contribution >= 4 is 31.7 Å². The Hall–Kier alpha value is -3.50. The Kier molecular flexibility index (Phi) is 6.30. The van der Waals surface area contributed by atoms with Crippen LogP contribution in [0.5, 0.6) is 5.75 Å². The molecule has 0 saturated carbocycles. The average Bonchev–Trinajstić information content (AvgIpc) is 3.26. The van der Waals surface area contributed by atoms with Gasteiger partial charge in [0, 0.05) is 10.0 Å². The molecule has 0 fully saturated rings. The van der Waals surface area contributed by atoms with Crippen molar-refractivity contribution < 1.29 is 23.1 Å². The number of carboxylic acid groups (broad SMARTS) is 1. The molecule has 10 heteroatoms. The van der Waals surface area contributed by atoms with Crippen LogP contribution in [0.4, 0.5) is 0 Å². The van der Waals surface area contributed by atoms with Gasteiger partial charge in [0.25, 0.3) is 0 Å². The number of ether oxygens (including phenoxy) is 1. The lowest BCUT2D eigenvalue weighted by Crippen LogP contribution is -2.07. The molecular formula is C23H18BrN3O5S. The number of hydrogen-bond acceptors (Lipinski definition) is 6. The van der Waals surface area contributed by atoms with Crippen molar-refractivity contribution in [3.05, 3.63) is 82.8 Å². The Labute approximate surface area is 198 Å². The van der Waals surface area contributed by atoms with E-state index in [-0.39, 0.29) is 21.2 Å². The summed E-state index contributed by atoms with van der Waals surface area (Å²) < 4.78 is 34.6. The van der Waals surface area contributed by atoms with Crippen LogP contribution < -0.4 is 4.74 Å². The second-order valence-electron chi connectivity index (χ2n) is 6.93. The zero-order valence-electron chi connectivity index (χ0n) is 17.3. The molecule has 3 aromatic carbocycles. The predicted molar refractivity (Wildman–Crippen MR) is 125 cm³/mol. The molecule has 0 aliphatic rings. The lowest BCUT2D eigenvalue weighted by molar-refractivity contribution is 0.0697. The van der Waals surface area contributed by atoms with Crippen LogP contribution in [0.2, 0.25) is 0 Å². The standard InChI is InChI=1S/C23H18BrN3O5S/c1-2-32-19-10-12-20(13-11-19)33(30,31)22-21(15-6-8-17(24)9-7-15)27(26-25-22)18-5-3-4-16(14-18)23(28)29/h3-14H,2H2,1H3,(H,28,29). The minimum atomic E-state index is -4.05. The van der Waals surface area contributed by atoms with Crippen LogP contribution in [-0.2, 0) is 9.84 Å². The maximum atomic E-state index is 13.5. The maximum Gasteiger partial charge on any atom is 0.335 e. The van der Waals surface area contributed by atoms with Crippen molar-refractivity contribution in [1.29, 1.82) is 0 Å². The zero-order chi connectivity index (χ0) is 23.6. The third-order valence-corrected chi connectivity index (χ3v) is 7.00. The molecule has 0 atom stereocenters. The van der Waals surface area contributed by atoms with Gasteiger partial charge in [-0.3, -0.25) is 0 Å². The fraction of sp³-hybridized carbons (Fsp3) is 0.0870. The number of aromatic nitrogens is 3. The van der Waals surface area contributed by atoms with Gasteiger partial charge in [0.1, 0.15) is 11.4 Å². The molecule has 0 radical (unpaired) electrons. The molecule has 1 aromatic heterocycles. The highest BCUT2D eigenvalue weighted by molar-refractivity contribution is 9.10. The van der Waals surface area contributed by atoms with E-state index in [0.29, 0.717) is 23.6 Å². The van der Waals surface area contributed by atoms with Gasteiger partial charge >= 0.3 is 5.97 Å². The zero-order valence-corrected chi connectivity index (χ0v) is 19.7.